The number of carbonyl (C=O) groups is 2. The zero-order valence-corrected chi connectivity index (χ0v) is 8.22. The van der Waals surface area contributed by atoms with Crippen LogP contribution in [0.15, 0.2) is 18.3 Å². The average molecular weight is 208 g/mol. The average Bonchev–Trinajstić information content (AvgIpc) is 2.63. The number of nitrogens with two attached hydrogens (primary N) is 1. The van der Waals surface area contributed by atoms with Gasteiger partial charge in [-0.25, -0.2) is 4.68 Å². The van der Waals surface area contributed by atoms with E-state index in [9.17, 15) is 9.59 Å². The maximum atomic E-state index is 10.7. The topological polar surface area (TPSA) is 90.9 Å². The molecule has 0 saturated carbocycles. The molecule has 0 aliphatic heterocycles. The third-order valence-corrected chi connectivity index (χ3v) is 1.79. The van der Waals surface area contributed by atoms with Gasteiger partial charge < -0.3 is 10.5 Å². The van der Waals surface area contributed by atoms with Crippen molar-refractivity contribution < 1.29 is 9.59 Å². The predicted octanol–water partition coefficient (Wildman–Crippen LogP) is -0.0877. The molecular weight excluding hydrogens is 196 g/mol. The molecule has 80 valence electrons. The first-order valence-electron chi connectivity index (χ1n) is 4.43. The van der Waals surface area contributed by atoms with Crippen LogP contribution in [0.3, 0.4) is 0 Å². The summed E-state index contributed by atoms with van der Waals surface area (Å²) in [5, 5.41) is 7.28. The van der Waals surface area contributed by atoms with Crippen LogP contribution in [0.1, 0.15) is 23.3 Å². The van der Waals surface area contributed by atoms with Gasteiger partial charge >= 0.3 is 0 Å². The van der Waals surface area contributed by atoms with Crippen molar-refractivity contribution in [2.45, 2.75) is 19.4 Å². The van der Waals surface area contributed by atoms with E-state index < -0.39 is 5.91 Å². The van der Waals surface area contributed by atoms with Crippen LogP contribution in [0.25, 0.3) is 0 Å². The first kappa shape index (κ1) is 11.1. The van der Waals surface area contributed by atoms with Crippen molar-refractivity contribution in [3.8, 4) is 0 Å². The Hall–Kier alpha value is -1.98. The smallest absolute Gasteiger partial charge is 0.270 e. The lowest BCUT2D eigenvalue weighted by Gasteiger charge is -2.01. The molecule has 2 N–H and O–H groups in total. The lowest BCUT2D eigenvalue weighted by molar-refractivity contribution is -0.107. The molecule has 0 atom stereocenters. The minimum absolute atomic E-state index is 0.123. The van der Waals surface area contributed by atoms with E-state index in [2.05, 4.69) is 16.9 Å². The highest BCUT2D eigenvalue weighted by Crippen LogP contribution is 2.04. The number of primary amides is 1. The van der Waals surface area contributed by atoms with Gasteiger partial charge in [-0.05, 0) is 6.42 Å². The number of allylic oxidation sites excluding steroid dienone is 1. The Bertz CT molecular complexity index is 383. The van der Waals surface area contributed by atoms with Crippen LogP contribution in [-0.2, 0) is 11.3 Å². The van der Waals surface area contributed by atoms with Crippen molar-refractivity contribution in [2.24, 2.45) is 5.73 Å². The van der Waals surface area contributed by atoms with Crippen molar-refractivity contribution >= 4 is 12.2 Å². The molecule has 1 rings (SSSR count). The third kappa shape index (κ3) is 3.34. The van der Waals surface area contributed by atoms with Gasteiger partial charge in [0.1, 0.15) is 6.29 Å². The van der Waals surface area contributed by atoms with E-state index in [1.165, 1.54) is 10.9 Å². The Labute approximate surface area is 86.8 Å². The summed E-state index contributed by atoms with van der Waals surface area (Å²) in [6, 6.07) is 0. The fraction of sp³-hybridized carbons (Fsp3) is 0.333. The van der Waals surface area contributed by atoms with E-state index in [-0.39, 0.29) is 5.69 Å². The second kappa shape index (κ2) is 5.04. The first-order chi connectivity index (χ1) is 7.13. The van der Waals surface area contributed by atoms with Crippen molar-refractivity contribution in [3.63, 3.8) is 0 Å². The van der Waals surface area contributed by atoms with E-state index in [4.69, 9.17) is 5.73 Å². The Balaban J connectivity index is 2.53. The Morgan fingerprint density at radius 1 is 1.67 bits per heavy atom. The molecule has 6 heteroatoms. The maximum absolute atomic E-state index is 10.7. The molecule has 0 aromatic carbocycles. The van der Waals surface area contributed by atoms with Crippen LogP contribution in [0.4, 0.5) is 0 Å². The third-order valence-electron chi connectivity index (χ3n) is 1.79. The Morgan fingerprint density at radius 2 is 2.40 bits per heavy atom. The molecule has 0 fully saturated rings. The number of carbonyl (C=O) groups excluding carboxylic acids is 2. The molecule has 0 unspecified atom stereocenters. The summed E-state index contributed by atoms with van der Waals surface area (Å²) < 4.78 is 1.47. The largest absolute Gasteiger partial charge is 0.364 e. The number of hydrogen-bond acceptors (Lipinski definition) is 4. The molecule has 0 aliphatic rings. The molecule has 0 bridgehead atoms. The number of aromatic nitrogens is 3. The van der Waals surface area contributed by atoms with E-state index in [0.717, 1.165) is 11.9 Å². The molecule has 0 radical (unpaired) electrons. The number of rotatable bonds is 6. The zero-order chi connectivity index (χ0) is 11.3. The molecule has 1 aromatic heterocycles. The molecule has 1 aromatic rings. The SMILES string of the molecule is C=C(CCC=O)Cn1cc(C(N)=O)nn1. The normalized spacial score (nSPS) is 9.87. The first-order valence-corrected chi connectivity index (χ1v) is 4.43. The van der Waals surface area contributed by atoms with E-state index in [1.807, 2.05) is 0 Å². The standard InChI is InChI=1S/C9H12N4O2/c1-7(3-2-4-14)5-13-6-8(9(10)15)11-12-13/h4,6H,1-3,5H2,(H2,10,15). The van der Waals surface area contributed by atoms with Crippen molar-refractivity contribution in [1.29, 1.82) is 0 Å². The van der Waals surface area contributed by atoms with Crippen molar-refractivity contribution in [3.05, 3.63) is 24.0 Å². The summed E-state index contributed by atoms with van der Waals surface area (Å²) in [6.45, 7) is 4.22. The van der Waals surface area contributed by atoms with Gasteiger partial charge in [0.05, 0.1) is 12.7 Å². The second-order valence-electron chi connectivity index (χ2n) is 3.12. The summed E-state index contributed by atoms with van der Waals surface area (Å²) >= 11 is 0. The summed E-state index contributed by atoms with van der Waals surface area (Å²) in [5.41, 5.74) is 5.99. The summed E-state index contributed by atoms with van der Waals surface area (Å²) in [6.07, 6.45) is 3.33. The van der Waals surface area contributed by atoms with Gasteiger partial charge in [-0.2, -0.15) is 0 Å². The summed E-state index contributed by atoms with van der Waals surface area (Å²) in [7, 11) is 0. The van der Waals surface area contributed by atoms with Gasteiger partial charge in [-0.1, -0.05) is 17.4 Å². The van der Waals surface area contributed by atoms with E-state index in [0.29, 0.717) is 19.4 Å². The monoisotopic (exact) mass is 208 g/mol. The number of amides is 1. The molecule has 6 nitrogen and oxygen atoms in total. The fourth-order valence-corrected chi connectivity index (χ4v) is 1.06. The van der Waals surface area contributed by atoms with Crippen molar-refractivity contribution in [1.82, 2.24) is 15.0 Å². The van der Waals surface area contributed by atoms with Crippen LogP contribution < -0.4 is 5.73 Å². The minimum Gasteiger partial charge on any atom is -0.364 e. The molecule has 1 amide bonds. The van der Waals surface area contributed by atoms with Gasteiger partial charge in [-0.3, -0.25) is 4.79 Å². The van der Waals surface area contributed by atoms with Crippen molar-refractivity contribution in [2.75, 3.05) is 0 Å². The predicted molar refractivity (Wildman–Crippen MR) is 53.0 cm³/mol. The van der Waals surface area contributed by atoms with Crippen LogP contribution in [0, 0.1) is 0 Å². The maximum Gasteiger partial charge on any atom is 0.270 e. The highest BCUT2D eigenvalue weighted by molar-refractivity contribution is 5.90. The lowest BCUT2D eigenvalue weighted by atomic mass is 10.2. The van der Waals surface area contributed by atoms with Gasteiger partial charge in [0.25, 0.3) is 5.91 Å². The molecule has 0 saturated heterocycles. The van der Waals surface area contributed by atoms with Crippen LogP contribution in [0.2, 0.25) is 0 Å². The van der Waals surface area contributed by atoms with Gasteiger partial charge in [0.2, 0.25) is 0 Å². The molecule has 0 aliphatic carbocycles. The highest BCUT2D eigenvalue weighted by Gasteiger charge is 2.06. The van der Waals surface area contributed by atoms with Gasteiger partial charge in [0, 0.05) is 6.42 Å². The fourth-order valence-electron chi connectivity index (χ4n) is 1.06. The van der Waals surface area contributed by atoms with Gasteiger partial charge in [0.15, 0.2) is 5.69 Å². The minimum atomic E-state index is -0.611. The van der Waals surface area contributed by atoms with Crippen LogP contribution in [-0.4, -0.2) is 27.2 Å². The quantitative estimate of drug-likeness (QED) is 0.522. The summed E-state index contributed by atoms with van der Waals surface area (Å²) in [5.74, 6) is -0.611. The van der Waals surface area contributed by atoms with E-state index in [1.54, 1.807) is 0 Å². The highest BCUT2D eigenvalue weighted by atomic mass is 16.1. The lowest BCUT2D eigenvalue weighted by Crippen LogP contribution is -2.11. The molecule has 15 heavy (non-hydrogen) atoms. The number of nitrogens with zero attached hydrogens (tertiary/aromatic N) is 3. The van der Waals surface area contributed by atoms with Crippen LogP contribution >= 0.6 is 0 Å². The molecule has 1 heterocycles. The Kier molecular flexibility index (Phi) is 3.73. The molecule has 0 spiro atoms. The number of aldehydes is 1. The van der Waals surface area contributed by atoms with Gasteiger partial charge in [-0.15, -0.1) is 5.10 Å². The van der Waals surface area contributed by atoms with Crippen LogP contribution in [0.5, 0.6) is 0 Å². The zero-order valence-electron chi connectivity index (χ0n) is 8.22. The molecular formula is C9H12N4O2. The number of hydrogen-bond donors (Lipinski definition) is 1. The second-order valence-corrected chi connectivity index (χ2v) is 3.12. The van der Waals surface area contributed by atoms with E-state index >= 15 is 0 Å². The summed E-state index contributed by atoms with van der Waals surface area (Å²) in [4.78, 5) is 20.8. The Morgan fingerprint density at radius 3 is 2.93 bits per heavy atom.